The number of oxazole rings is 1. The number of carboxylic acids is 1. The van der Waals surface area contributed by atoms with Gasteiger partial charge in [0, 0.05) is 22.7 Å². The number of hydrogen-bond donors (Lipinski definition) is 2. The number of rotatable bonds is 7. The quantitative estimate of drug-likeness (QED) is 0.310. The number of carboxylic acid groups (broad SMARTS) is 1. The molecule has 0 aliphatic heterocycles. The number of nitrogens with one attached hydrogen (secondary N) is 1. The Morgan fingerprint density at radius 2 is 1.59 bits per heavy atom. The van der Waals surface area contributed by atoms with Crippen LogP contribution in [0.3, 0.4) is 0 Å². The minimum absolute atomic E-state index is 0.129. The molecule has 5 nitrogen and oxygen atoms in total. The molecule has 0 radical (unpaired) electrons. The average molecular weight is 453 g/mol. The van der Waals surface area contributed by atoms with E-state index in [9.17, 15) is 4.79 Å². The third kappa shape index (κ3) is 4.74. The first-order valence-corrected chi connectivity index (χ1v) is 11.9. The number of aromatic nitrogens is 1. The molecule has 1 aromatic heterocycles. The smallest absolute Gasteiger partial charge is 0.322 e. The normalized spacial score (nSPS) is 14.1. The van der Waals surface area contributed by atoms with E-state index in [0.29, 0.717) is 11.8 Å². The first-order chi connectivity index (χ1) is 16.7. The van der Waals surface area contributed by atoms with Crippen molar-refractivity contribution in [3.63, 3.8) is 0 Å². The van der Waals surface area contributed by atoms with Crippen LogP contribution in [-0.4, -0.2) is 22.6 Å². The lowest BCUT2D eigenvalue weighted by Gasteiger charge is -2.20. The summed E-state index contributed by atoms with van der Waals surface area (Å²) in [7, 11) is 0. The van der Waals surface area contributed by atoms with Crippen molar-refractivity contribution < 1.29 is 14.3 Å². The molecular formula is C29H28N2O3. The van der Waals surface area contributed by atoms with Gasteiger partial charge >= 0.3 is 5.97 Å². The fourth-order valence-electron chi connectivity index (χ4n) is 4.79. The van der Waals surface area contributed by atoms with Gasteiger partial charge in [0.25, 0.3) is 0 Å². The second-order valence-corrected chi connectivity index (χ2v) is 8.81. The summed E-state index contributed by atoms with van der Waals surface area (Å²) in [6.45, 7) is -0.129. The molecule has 5 rings (SSSR count). The van der Waals surface area contributed by atoms with Gasteiger partial charge in [0.2, 0.25) is 5.89 Å². The van der Waals surface area contributed by atoms with Gasteiger partial charge in [-0.15, -0.1) is 0 Å². The van der Waals surface area contributed by atoms with Gasteiger partial charge in [0.15, 0.2) is 0 Å². The van der Waals surface area contributed by atoms with E-state index in [1.165, 1.54) is 19.3 Å². The molecule has 0 atom stereocenters. The third-order valence-corrected chi connectivity index (χ3v) is 6.45. The second kappa shape index (κ2) is 9.96. The van der Waals surface area contributed by atoms with Crippen LogP contribution in [0.2, 0.25) is 0 Å². The minimum atomic E-state index is -0.894. The summed E-state index contributed by atoms with van der Waals surface area (Å²) in [5.74, 6) is 1.11. The summed E-state index contributed by atoms with van der Waals surface area (Å²) in [4.78, 5) is 16.0. The predicted octanol–water partition coefficient (Wildman–Crippen LogP) is 7.22. The van der Waals surface area contributed by atoms with E-state index in [1.54, 1.807) is 0 Å². The molecule has 2 N–H and O–H groups in total. The number of aliphatic carboxylic acids is 1. The first-order valence-electron chi connectivity index (χ1n) is 11.9. The van der Waals surface area contributed by atoms with Gasteiger partial charge in [-0.3, -0.25) is 4.79 Å². The maximum absolute atomic E-state index is 11.0. The Hall–Kier alpha value is -3.86. The van der Waals surface area contributed by atoms with Gasteiger partial charge in [-0.1, -0.05) is 79.9 Å². The van der Waals surface area contributed by atoms with Crippen molar-refractivity contribution in [3.05, 3.63) is 84.6 Å². The zero-order chi connectivity index (χ0) is 23.3. The van der Waals surface area contributed by atoms with Crippen LogP contribution in [-0.2, 0) is 4.79 Å². The van der Waals surface area contributed by atoms with Gasteiger partial charge in [-0.05, 0) is 42.2 Å². The summed E-state index contributed by atoms with van der Waals surface area (Å²) in [6, 6.07) is 26.2. The van der Waals surface area contributed by atoms with Crippen molar-refractivity contribution in [2.75, 3.05) is 11.9 Å². The molecule has 1 saturated carbocycles. The van der Waals surface area contributed by atoms with Gasteiger partial charge in [0.05, 0.1) is 0 Å². The molecule has 0 saturated heterocycles. The lowest BCUT2D eigenvalue weighted by molar-refractivity contribution is -0.134. The highest BCUT2D eigenvalue weighted by atomic mass is 16.4. The Kier molecular flexibility index (Phi) is 6.43. The van der Waals surface area contributed by atoms with Crippen LogP contribution in [0.5, 0.6) is 0 Å². The summed E-state index contributed by atoms with van der Waals surface area (Å²) >= 11 is 0. The summed E-state index contributed by atoms with van der Waals surface area (Å²) in [6.07, 6.45) is 6.00. The van der Waals surface area contributed by atoms with Crippen LogP contribution < -0.4 is 5.32 Å². The number of nitrogens with zero attached hydrogens (tertiary/aromatic N) is 1. The molecule has 1 heterocycles. The van der Waals surface area contributed by atoms with Gasteiger partial charge in [-0.2, -0.15) is 0 Å². The summed E-state index contributed by atoms with van der Waals surface area (Å²) < 4.78 is 6.56. The van der Waals surface area contributed by atoms with E-state index in [1.807, 2.05) is 60.7 Å². The fraction of sp³-hybridized carbons (Fsp3) is 0.241. The predicted molar refractivity (Wildman–Crippen MR) is 135 cm³/mol. The lowest BCUT2D eigenvalue weighted by atomic mass is 9.86. The molecule has 5 heteroatoms. The van der Waals surface area contributed by atoms with E-state index < -0.39 is 5.97 Å². The van der Waals surface area contributed by atoms with E-state index in [2.05, 4.69) is 23.5 Å². The Morgan fingerprint density at radius 1 is 0.882 bits per heavy atom. The van der Waals surface area contributed by atoms with Crippen molar-refractivity contribution in [1.82, 2.24) is 4.98 Å². The number of carbonyl (C=O) groups is 1. The molecule has 0 unspecified atom stereocenters. The van der Waals surface area contributed by atoms with Crippen molar-refractivity contribution in [2.24, 2.45) is 0 Å². The van der Waals surface area contributed by atoms with Gasteiger partial charge in [0.1, 0.15) is 18.0 Å². The van der Waals surface area contributed by atoms with Crippen LogP contribution in [0, 0.1) is 0 Å². The molecule has 3 aromatic carbocycles. The van der Waals surface area contributed by atoms with Crippen LogP contribution >= 0.6 is 0 Å². The fourth-order valence-corrected chi connectivity index (χ4v) is 4.79. The van der Waals surface area contributed by atoms with Crippen molar-refractivity contribution in [3.8, 4) is 33.8 Å². The van der Waals surface area contributed by atoms with Crippen LogP contribution in [0.4, 0.5) is 5.69 Å². The topological polar surface area (TPSA) is 75.4 Å². The molecule has 1 aliphatic rings. The van der Waals surface area contributed by atoms with Crippen molar-refractivity contribution in [2.45, 2.75) is 38.0 Å². The zero-order valence-electron chi connectivity index (χ0n) is 19.0. The monoisotopic (exact) mass is 452 g/mol. The molecule has 0 bridgehead atoms. The maximum atomic E-state index is 11.0. The molecule has 0 amide bonds. The number of hydrogen-bond acceptors (Lipinski definition) is 4. The van der Waals surface area contributed by atoms with Crippen LogP contribution in [0.1, 0.15) is 43.8 Å². The SMILES string of the molecule is O=C(O)CNc1cccc(-c2ccccc2-c2nc(-c3ccccc3)c(C3CCCCC3)o2)c1. The number of benzene rings is 3. The molecule has 34 heavy (non-hydrogen) atoms. The van der Waals surface area contributed by atoms with E-state index in [4.69, 9.17) is 14.5 Å². The van der Waals surface area contributed by atoms with Crippen LogP contribution in [0.25, 0.3) is 33.8 Å². The van der Waals surface area contributed by atoms with E-state index >= 15 is 0 Å². The molecule has 172 valence electrons. The van der Waals surface area contributed by atoms with Crippen molar-refractivity contribution >= 4 is 11.7 Å². The van der Waals surface area contributed by atoms with Crippen molar-refractivity contribution in [1.29, 1.82) is 0 Å². The highest BCUT2D eigenvalue weighted by molar-refractivity contribution is 5.83. The number of anilines is 1. The zero-order valence-corrected chi connectivity index (χ0v) is 19.0. The Labute approximate surface area is 199 Å². The van der Waals surface area contributed by atoms with Gasteiger partial charge < -0.3 is 14.8 Å². The molecular weight excluding hydrogens is 424 g/mol. The summed E-state index contributed by atoms with van der Waals surface area (Å²) in [5, 5.41) is 12.0. The maximum Gasteiger partial charge on any atom is 0.322 e. The highest BCUT2D eigenvalue weighted by Crippen LogP contribution is 2.42. The molecule has 1 fully saturated rings. The first kappa shape index (κ1) is 22.0. The molecule has 1 aliphatic carbocycles. The molecule has 4 aromatic rings. The standard InChI is InChI=1S/C29H28N2O3/c32-26(33)19-30-23-15-9-14-22(18-23)24-16-7-8-17-25(24)29-31-27(20-10-3-1-4-11-20)28(34-29)21-12-5-2-6-13-21/h1,3-4,7-11,14-18,21,30H,2,5-6,12-13,19H2,(H,32,33). The largest absolute Gasteiger partial charge is 0.480 e. The van der Waals surface area contributed by atoms with Crippen LogP contribution in [0.15, 0.2) is 83.3 Å². The van der Waals surface area contributed by atoms with Gasteiger partial charge in [-0.25, -0.2) is 4.98 Å². The van der Waals surface area contributed by atoms with E-state index in [0.717, 1.165) is 52.2 Å². The van der Waals surface area contributed by atoms with E-state index in [-0.39, 0.29) is 6.54 Å². The molecule has 0 spiro atoms. The summed E-state index contributed by atoms with van der Waals surface area (Å²) in [5.41, 5.74) is 5.68. The average Bonchev–Trinajstić information content (AvgIpc) is 3.34. The highest BCUT2D eigenvalue weighted by Gasteiger charge is 2.26. The Morgan fingerprint density at radius 3 is 2.35 bits per heavy atom. The Balaban J connectivity index is 1.57. The third-order valence-electron chi connectivity index (χ3n) is 6.45. The lowest BCUT2D eigenvalue weighted by Crippen LogP contribution is -2.12. The minimum Gasteiger partial charge on any atom is -0.480 e. The Bertz CT molecular complexity index is 1270. The second-order valence-electron chi connectivity index (χ2n) is 8.81.